The second kappa shape index (κ2) is 7.98. The maximum Gasteiger partial charge on any atom is 0.252 e. The third-order valence-corrected chi connectivity index (χ3v) is 5.06. The smallest absolute Gasteiger partial charge is 0.252 e. The number of nitrogens with zero attached hydrogens (tertiary/aromatic N) is 1. The minimum absolute atomic E-state index is 0.103. The summed E-state index contributed by atoms with van der Waals surface area (Å²) in [5.74, 6) is -0.422. The molecule has 0 radical (unpaired) electrons. The van der Waals surface area contributed by atoms with Crippen LogP contribution in [0.4, 0.5) is 4.39 Å². The number of aliphatic hydroxyl groups is 1. The summed E-state index contributed by atoms with van der Waals surface area (Å²) in [5, 5.41) is 9.60. The summed E-state index contributed by atoms with van der Waals surface area (Å²) in [6.07, 6.45) is 4.20. The van der Waals surface area contributed by atoms with E-state index in [2.05, 4.69) is 13.2 Å². The molecule has 1 N–H and O–H groups in total. The van der Waals surface area contributed by atoms with Gasteiger partial charge < -0.3 is 14.7 Å². The number of halogens is 1. The predicted molar refractivity (Wildman–Crippen MR) is 97.9 cm³/mol. The Morgan fingerprint density at radius 2 is 1.96 bits per heavy atom. The molecule has 1 amide bonds. The summed E-state index contributed by atoms with van der Waals surface area (Å²) in [6, 6.07) is 5.84. The van der Waals surface area contributed by atoms with Gasteiger partial charge in [0.15, 0.2) is 0 Å². The number of benzene rings is 1. The van der Waals surface area contributed by atoms with Crippen molar-refractivity contribution in [1.82, 2.24) is 4.90 Å². The quantitative estimate of drug-likeness (QED) is 0.899. The molecule has 1 fully saturated rings. The Balaban J connectivity index is 1.96. The molecule has 2 aliphatic rings. The molecular formula is C21H24FNO3. The normalized spacial score (nSPS) is 26.5. The van der Waals surface area contributed by atoms with E-state index in [-0.39, 0.29) is 24.4 Å². The minimum Gasteiger partial charge on any atom is -0.391 e. The first-order valence-electron chi connectivity index (χ1n) is 8.88. The van der Waals surface area contributed by atoms with Crippen LogP contribution in [0.2, 0.25) is 0 Å². The monoisotopic (exact) mass is 357 g/mol. The largest absolute Gasteiger partial charge is 0.391 e. The Bertz CT molecular complexity index is 717. The highest BCUT2D eigenvalue weighted by molar-refractivity contribution is 5.82. The zero-order chi connectivity index (χ0) is 18.7. The molecule has 3 rings (SSSR count). The Hall–Kier alpha value is -2.24. The van der Waals surface area contributed by atoms with E-state index in [1.54, 1.807) is 29.2 Å². The number of hydrogen-bond acceptors (Lipinski definition) is 3. The van der Waals surface area contributed by atoms with Crippen molar-refractivity contribution in [3.8, 4) is 0 Å². The topological polar surface area (TPSA) is 49.8 Å². The molecule has 5 heteroatoms. The molecule has 0 spiro atoms. The lowest BCUT2D eigenvalue weighted by atomic mass is 9.87. The van der Waals surface area contributed by atoms with E-state index in [0.717, 1.165) is 16.7 Å². The average molecular weight is 357 g/mol. The standard InChI is InChI=1S/C21H24FNO3/c1-3-14-11-12-23(21(25)19-10-9-17(24)13-26-19)20(18(14)4-2)15-5-7-16(22)8-6-15/h3-8,17,19-20,24H,1-2,9-13H2/t17?,19-,20+/m1/s1. The molecule has 1 saturated heterocycles. The van der Waals surface area contributed by atoms with Crippen molar-refractivity contribution in [2.45, 2.75) is 37.5 Å². The van der Waals surface area contributed by atoms with Crippen LogP contribution in [-0.2, 0) is 9.53 Å². The molecule has 3 atom stereocenters. The SMILES string of the molecule is C=CC1=C(C=C)[C@H](c2ccc(F)cc2)N(C(=O)[C@H]2CCC(O)CO2)CC1. The van der Waals surface area contributed by atoms with Crippen LogP contribution in [0.15, 0.2) is 60.7 Å². The molecule has 2 aliphatic heterocycles. The van der Waals surface area contributed by atoms with Gasteiger partial charge in [0, 0.05) is 6.54 Å². The van der Waals surface area contributed by atoms with E-state index in [0.29, 0.717) is 25.8 Å². The first-order chi connectivity index (χ1) is 12.5. The number of amides is 1. The predicted octanol–water partition coefficient (Wildman–Crippen LogP) is 3.31. The van der Waals surface area contributed by atoms with Gasteiger partial charge in [-0.05, 0) is 48.1 Å². The lowest BCUT2D eigenvalue weighted by Crippen LogP contribution is -2.47. The van der Waals surface area contributed by atoms with Gasteiger partial charge in [-0.15, -0.1) is 0 Å². The average Bonchev–Trinajstić information content (AvgIpc) is 2.67. The zero-order valence-electron chi connectivity index (χ0n) is 14.7. The van der Waals surface area contributed by atoms with E-state index in [9.17, 15) is 14.3 Å². The van der Waals surface area contributed by atoms with E-state index in [4.69, 9.17) is 4.74 Å². The lowest BCUT2D eigenvalue weighted by molar-refractivity contribution is -0.153. The molecule has 1 aromatic carbocycles. The highest BCUT2D eigenvalue weighted by atomic mass is 19.1. The number of aliphatic hydroxyl groups excluding tert-OH is 1. The number of allylic oxidation sites excluding steroid dienone is 1. The van der Waals surface area contributed by atoms with Crippen LogP contribution in [0, 0.1) is 5.82 Å². The molecule has 1 aromatic rings. The maximum absolute atomic E-state index is 13.4. The van der Waals surface area contributed by atoms with Crippen molar-refractivity contribution in [3.63, 3.8) is 0 Å². The molecule has 26 heavy (non-hydrogen) atoms. The van der Waals surface area contributed by atoms with Crippen molar-refractivity contribution >= 4 is 5.91 Å². The van der Waals surface area contributed by atoms with Crippen LogP contribution in [0.1, 0.15) is 30.9 Å². The first-order valence-corrected chi connectivity index (χ1v) is 8.88. The van der Waals surface area contributed by atoms with Gasteiger partial charge in [0.2, 0.25) is 0 Å². The fraction of sp³-hybridized carbons (Fsp3) is 0.381. The van der Waals surface area contributed by atoms with Crippen LogP contribution in [0.3, 0.4) is 0 Å². The summed E-state index contributed by atoms with van der Waals surface area (Å²) in [5.41, 5.74) is 2.77. The lowest BCUT2D eigenvalue weighted by Gasteiger charge is -2.40. The van der Waals surface area contributed by atoms with E-state index in [1.807, 2.05) is 0 Å². The van der Waals surface area contributed by atoms with Gasteiger partial charge in [0.05, 0.1) is 18.8 Å². The second-order valence-electron chi connectivity index (χ2n) is 6.68. The van der Waals surface area contributed by atoms with Crippen LogP contribution >= 0.6 is 0 Å². The Kier molecular flexibility index (Phi) is 5.69. The summed E-state index contributed by atoms with van der Waals surface area (Å²) < 4.78 is 19.0. The molecular weight excluding hydrogens is 333 g/mol. The van der Waals surface area contributed by atoms with E-state index in [1.165, 1.54) is 12.1 Å². The van der Waals surface area contributed by atoms with Gasteiger partial charge in [0.25, 0.3) is 5.91 Å². The second-order valence-corrected chi connectivity index (χ2v) is 6.68. The van der Waals surface area contributed by atoms with Gasteiger partial charge in [-0.25, -0.2) is 4.39 Å². The highest BCUT2D eigenvalue weighted by Gasteiger charge is 2.37. The molecule has 0 aromatic heterocycles. The number of carbonyl (C=O) groups is 1. The van der Waals surface area contributed by atoms with Gasteiger partial charge in [-0.2, -0.15) is 0 Å². The Morgan fingerprint density at radius 3 is 2.54 bits per heavy atom. The first kappa shape index (κ1) is 18.5. The minimum atomic E-state index is -0.558. The number of carbonyl (C=O) groups excluding carboxylic acids is 1. The molecule has 0 aliphatic carbocycles. The summed E-state index contributed by atoms with van der Waals surface area (Å²) in [7, 11) is 0. The van der Waals surface area contributed by atoms with Crippen molar-refractivity contribution < 1.29 is 19.0 Å². The van der Waals surface area contributed by atoms with Crippen LogP contribution in [0.25, 0.3) is 0 Å². The Labute approximate surface area is 153 Å². The maximum atomic E-state index is 13.4. The fourth-order valence-corrected chi connectivity index (χ4v) is 3.68. The fourth-order valence-electron chi connectivity index (χ4n) is 3.68. The number of hydrogen-bond donors (Lipinski definition) is 1. The van der Waals surface area contributed by atoms with Crippen molar-refractivity contribution in [2.24, 2.45) is 0 Å². The summed E-state index contributed by atoms with van der Waals surface area (Å²) in [6.45, 7) is 8.49. The zero-order valence-corrected chi connectivity index (χ0v) is 14.7. The van der Waals surface area contributed by atoms with Crippen LogP contribution < -0.4 is 0 Å². The van der Waals surface area contributed by atoms with E-state index >= 15 is 0 Å². The molecule has 138 valence electrons. The Morgan fingerprint density at radius 1 is 1.23 bits per heavy atom. The molecule has 0 saturated carbocycles. The number of rotatable bonds is 4. The third-order valence-electron chi connectivity index (χ3n) is 5.06. The van der Waals surface area contributed by atoms with Crippen LogP contribution in [0.5, 0.6) is 0 Å². The van der Waals surface area contributed by atoms with Crippen molar-refractivity contribution in [2.75, 3.05) is 13.2 Å². The summed E-state index contributed by atoms with van der Waals surface area (Å²) in [4.78, 5) is 14.9. The molecule has 4 nitrogen and oxygen atoms in total. The highest BCUT2D eigenvalue weighted by Crippen LogP contribution is 2.38. The molecule has 2 heterocycles. The van der Waals surface area contributed by atoms with Gasteiger partial charge >= 0.3 is 0 Å². The van der Waals surface area contributed by atoms with Gasteiger partial charge in [0.1, 0.15) is 11.9 Å². The molecule has 1 unspecified atom stereocenters. The van der Waals surface area contributed by atoms with Crippen molar-refractivity contribution in [1.29, 1.82) is 0 Å². The number of ether oxygens (including phenoxy) is 1. The summed E-state index contributed by atoms with van der Waals surface area (Å²) >= 11 is 0. The van der Waals surface area contributed by atoms with Crippen molar-refractivity contribution in [3.05, 3.63) is 72.1 Å². The van der Waals surface area contributed by atoms with Gasteiger partial charge in [-0.1, -0.05) is 37.4 Å². The van der Waals surface area contributed by atoms with Gasteiger partial charge in [-0.3, -0.25) is 4.79 Å². The third kappa shape index (κ3) is 3.64. The van der Waals surface area contributed by atoms with E-state index < -0.39 is 12.2 Å². The molecule has 0 bridgehead atoms. The van der Waals surface area contributed by atoms with Crippen LogP contribution in [-0.4, -0.2) is 41.3 Å².